The van der Waals surface area contributed by atoms with Crippen molar-refractivity contribution in [3.63, 3.8) is 0 Å². The normalized spacial score (nSPS) is 18.7. The van der Waals surface area contributed by atoms with E-state index in [0.717, 1.165) is 13.1 Å². The monoisotopic (exact) mass is 273 g/mol. The van der Waals surface area contributed by atoms with Crippen molar-refractivity contribution in [2.24, 2.45) is 0 Å². The van der Waals surface area contributed by atoms with E-state index in [9.17, 15) is 8.42 Å². The van der Waals surface area contributed by atoms with E-state index in [2.05, 4.69) is 5.32 Å². The molecule has 0 spiro atoms. The fraction of sp³-hybridized carbons (Fsp3) is 0.500. The van der Waals surface area contributed by atoms with Crippen LogP contribution in [-0.2, 0) is 15.3 Å². The van der Waals surface area contributed by atoms with E-state index in [0.29, 0.717) is 11.4 Å². The highest BCUT2D eigenvalue weighted by Crippen LogP contribution is 2.33. The second-order valence-corrected chi connectivity index (χ2v) is 7.47. The third-order valence-electron chi connectivity index (χ3n) is 3.33. The van der Waals surface area contributed by atoms with Crippen molar-refractivity contribution in [2.75, 3.05) is 25.1 Å². The molecule has 0 bridgehead atoms. The predicted molar refractivity (Wildman–Crippen MR) is 70.3 cm³/mol. The second-order valence-electron chi connectivity index (χ2n) is 4.77. The van der Waals surface area contributed by atoms with Gasteiger partial charge in [0.05, 0.1) is 5.75 Å². The van der Waals surface area contributed by atoms with Crippen LogP contribution >= 0.6 is 11.6 Å². The number of rotatable bonds is 4. The molecule has 0 aromatic heterocycles. The van der Waals surface area contributed by atoms with Crippen LogP contribution in [0.3, 0.4) is 0 Å². The van der Waals surface area contributed by atoms with Gasteiger partial charge in [0.2, 0.25) is 0 Å². The van der Waals surface area contributed by atoms with Gasteiger partial charge in [0.1, 0.15) is 9.84 Å². The topological polar surface area (TPSA) is 46.2 Å². The van der Waals surface area contributed by atoms with Crippen molar-refractivity contribution in [3.05, 3.63) is 34.9 Å². The fourth-order valence-electron chi connectivity index (χ4n) is 2.14. The van der Waals surface area contributed by atoms with Gasteiger partial charge in [-0.3, -0.25) is 0 Å². The van der Waals surface area contributed by atoms with Gasteiger partial charge in [0.15, 0.2) is 0 Å². The molecule has 1 aliphatic heterocycles. The molecule has 1 fully saturated rings. The quantitative estimate of drug-likeness (QED) is 0.907. The Labute approximate surface area is 107 Å². The molecule has 94 valence electrons. The zero-order valence-electron chi connectivity index (χ0n) is 9.74. The van der Waals surface area contributed by atoms with E-state index >= 15 is 0 Å². The van der Waals surface area contributed by atoms with Gasteiger partial charge in [0, 0.05) is 29.8 Å². The first-order valence-electron chi connectivity index (χ1n) is 5.56. The fourth-order valence-corrected chi connectivity index (χ4v) is 3.02. The molecule has 5 heteroatoms. The van der Waals surface area contributed by atoms with Gasteiger partial charge in [-0.2, -0.15) is 0 Å². The minimum absolute atomic E-state index is 0.0341. The van der Waals surface area contributed by atoms with E-state index in [-0.39, 0.29) is 11.2 Å². The van der Waals surface area contributed by atoms with Crippen molar-refractivity contribution >= 4 is 21.4 Å². The Kier molecular flexibility index (Phi) is 3.48. The maximum Gasteiger partial charge on any atom is 0.147 e. The molecule has 1 heterocycles. The van der Waals surface area contributed by atoms with Crippen LogP contribution in [0.15, 0.2) is 24.3 Å². The Balaban J connectivity index is 2.17. The van der Waals surface area contributed by atoms with Gasteiger partial charge in [-0.05, 0) is 24.1 Å². The summed E-state index contributed by atoms with van der Waals surface area (Å²) in [6, 6.07) is 7.70. The summed E-state index contributed by atoms with van der Waals surface area (Å²) >= 11 is 5.86. The summed E-state index contributed by atoms with van der Waals surface area (Å²) in [6.45, 7) is 1.67. The van der Waals surface area contributed by atoms with Crippen LogP contribution in [0.1, 0.15) is 12.0 Å². The van der Waals surface area contributed by atoms with Crippen molar-refractivity contribution in [2.45, 2.75) is 11.8 Å². The van der Waals surface area contributed by atoms with E-state index in [1.807, 2.05) is 24.3 Å². The molecule has 17 heavy (non-hydrogen) atoms. The Morgan fingerprint density at radius 2 is 1.88 bits per heavy atom. The minimum Gasteiger partial charge on any atom is -0.315 e. The van der Waals surface area contributed by atoms with E-state index in [1.165, 1.54) is 11.8 Å². The molecule has 1 N–H and O–H groups in total. The van der Waals surface area contributed by atoms with Gasteiger partial charge >= 0.3 is 0 Å². The number of halogens is 1. The molecule has 0 saturated carbocycles. The number of hydrogen-bond acceptors (Lipinski definition) is 3. The molecule has 0 radical (unpaired) electrons. The lowest BCUT2D eigenvalue weighted by molar-refractivity contribution is 0.268. The predicted octanol–water partition coefficient (Wildman–Crippen LogP) is 1.62. The summed E-state index contributed by atoms with van der Waals surface area (Å²) in [6.07, 6.45) is 1.95. The first kappa shape index (κ1) is 12.9. The number of sulfone groups is 1. The molecule has 0 atom stereocenters. The molecule has 0 amide bonds. The smallest absolute Gasteiger partial charge is 0.147 e. The minimum atomic E-state index is -2.90. The average Bonchev–Trinajstić information content (AvgIpc) is 2.17. The first-order valence-corrected chi connectivity index (χ1v) is 8.00. The maximum atomic E-state index is 11.3. The lowest BCUT2D eigenvalue weighted by atomic mass is 9.73. The van der Waals surface area contributed by atoms with Crippen LogP contribution in [0, 0.1) is 0 Å². The molecule has 3 nitrogen and oxygen atoms in total. The van der Waals surface area contributed by atoms with E-state index in [4.69, 9.17) is 11.6 Å². The van der Waals surface area contributed by atoms with Crippen LogP contribution in [0.2, 0.25) is 5.02 Å². The Hall–Kier alpha value is -0.580. The Bertz CT molecular complexity index is 492. The standard InChI is InChI=1S/C12H16ClNO2S/c1-17(15,16)7-6-12(8-14-9-12)10-2-4-11(13)5-3-10/h2-5,14H,6-9H2,1H3. The number of hydrogen-bond donors (Lipinski definition) is 1. The molecule has 0 aliphatic carbocycles. The third kappa shape index (κ3) is 3.00. The van der Waals surface area contributed by atoms with Crippen molar-refractivity contribution in [1.82, 2.24) is 5.32 Å². The molecular weight excluding hydrogens is 258 g/mol. The van der Waals surface area contributed by atoms with Crippen molar-refractivity contribution in [1.29, 1.82) is 0 Å². The van der Waals surface area contributed by atoms with Crippen LogP contribution in [0.4, 0.5) is 0 Å². The largest absolute Gasteiger partial charge is 0.315 e. The molecule has 1 aromatic rings. The van der Waals surface area contributed by atoms with Crippen LogP contribution < -0.4 is 5.32 Å². The van der Waals surface area contributed by atoms with E-state index in [1.54, 1.807) is 0 Å². The number of benzene rings is 1. The molecule has 1 aromatic carbocycles. The average molecular weight is 274 g/mol. The summed E-state index contributed by atoms with van der Waals surface area (Å²) in [4.78, 5) is 0. The lowest BCUT2D eigenvalue weighted by Crippen LogP contribution is -2.57. The first-order chi connectivity index (χ1) is 7.91. The van der Waals surface area contributed by atoms with Crippen LogP contribution in [0.25, 0.3) is 0 Å². The molecular formula is C12H16ClNO2S. The maximum absolute atomic E-state index is 11.3. The van der Waals surface area contributed by atoms with Gasteiger partial charge in [-0.25, -0.2) is 8.42 Å². The molecule has 1 saturated heterocycles. The third-order valence-corrected chi connectivity index (χ3v) is 4.53. The summed E-state index contributed by atoms with van der Waals surface area (Å²) in [7, 11) is -2.90. The van der Waals surface area contributed by atoms with Gasteiger partial charge < -0.3 is 5.32 Å². The summed E-state index contributed by atoms with van der Waals surface area (Å²) in [5.74, 6) is 0.233. The van der Waals surface area contributed by atoms with Crippen LogP contribution in [0.5, 0.6) is 0 Å². The van der Waals surface area contributed by atoms with Gasteiger partial charge in [-0.15, -0.1) is 0 Å². The summed E-state index contributed by atoms with van der Waals surface area (Å²) < 4.78 is 22.5. The Morgan fingerprint density at radius 3 is 2.29 bits per heavy atom. The van der Waals surface area contributed by atoms with Crippen LogP contribution in [-0.4, -0.2) is 33.5 Å². The van der Waals surface area contributed by atoms with Crippen molar-refractivity contribution in [3.8, 4) is 0 Å². The lowest BCUT2D eigenvalue weighted by Gasteiger charge is -2.43. The second kappa shape index (κ2) is 4.59. The van der Waals surface area contributed by atoms with E-state index < -0.39 is 9.84 Å². The highest BCUT2D eigenvalue weighted by Gasteiger charge is 2.38. The SMILES string of the molecule is CS(=O)(=O)CCC1(c2ccc(Cl)cc2)CNC1. The van der Waals surface area contributed by atoms with Crippen molar-refractivity contribution < 1.29 is 8.42 Å². The Morgan fingerprint density at radius 1 is 1.29 bits per heavy atom. The number of nitrogens with one attached hydrogen (secondary N) is 1. The highest BCUT2D eigenvalue weighted by atomic mass is 35.5. The summed E-state index contributed by atoms with van der Waals surface area (Å²) in [5, 5.41) is 3.93. The molecule has 2 rings (SSSR count). The zero-order chi connectivity index (χ0) is 12.5. The molecule has 1 aliphatic rings. The zero-order valence-corrected chi connectivity index (χ0v) is 11.3. The van der Waals surface area contributed by atoms with Gasteiger partial charge in [-0.1, -0.05) is 23.7 Å². The van der Waals surface area contributed by atoms with Gasteiger partial charge in [0.25, 0.3) is 0 Å². The summed E-state index contributed by atoms with van der Waals surface area (Å²) in [5.41, 5.74) is 1.14. The highest BCUT2D eigenvalue weighted by molar-refractivity contribution is 7.90. The molecule has 0 unspecified atom stereocenters.